The second-order valence-electron chi connectivity index (χ2n) is 5.62. The maximum atomic E-state index is 11.9. The Bertz CT molecular complexity index is 447. The van der Waals surface area contributed by atoms with Gasteiger partial charge in [0.05, 0.1) is 6.04 Å². The Morgan fingerprint density at radius 3 is 2.67 bits per heavy atom. The summed E-state index contributed by atoms with van der Waals surface area (Å²) in [6.07, 6.45) is 0.916. The maximum absolute atomic E-state index is 11.9. The maximum Gasteiger partial charge on any atom is 0.237 e. The molecule has 1 rings (SSSR count). The third-order valence-electron chi connectivity index (χ3n) is 3.99. The number of anilines is 1. The van der Waals surface area contributed by atoms with E-state index < -0.39 is 6.04 Å². The predicted molar refractivity (Wildman–Crippen MR) is 89.5 cm³/mol. The van der Waals surface area contributed by atoms with Gasteiger partial charge in [-0.2, -0.15) is 0 Å². The fraction of sp³-hybridized carbons (Fsp3) is 0.588. The Labute approximate surface area is 128 Å². The lowest BCUT2D eigenvalue weighted by Crippen LogP contribution is -2.46. The van der Waals surface area contributed by atoms with E-state index in [-0.39, 0.29) is 11.8 Å². The number of nitrogens with two attached hydrogens (primary N) is 1. The summed E-state index contributed by atoms with van der Waals surface area (Å²) in [5, 5.41) is 2.94. The molecule has 0 spiro atoms. The number of nitrogens with zero attached hydrogens (tertiary/aromatic N) is 1. The third kappa shape index (κ3) is 5.38. The van der Waals surface area contributed by atoms with Crippen molar-refractivity contribution in [3.8, 4) is 0 Å². The molecule has 0 bridgehead atoms. The first-order valence-electron chi connectivity index (χ1n) is 7.84. The monoisotopic (exact) mass is 291 g/mol. The topological polar surface area (TPSA) is 58.4 Å². The lowest BCUT2D eigenvalue weighted by molar-refractivity contribution is -0.123. The average molecular weight is 291 g/mol. The van der Waals surface area contributed by atoms with Crippen molar-refractivity contribution in [3.05, 3.63) is 29.8 Å². The quantitative estimate of drug-likeness (QED) is 0.773. The zero-order chi connectivity index (χ0) is 15.8. The zero-order valence-electron chi connectivity index (χ0n) is 13.7. The summed E-state index contributed by atoms with van der Waals surface area (Å²) < 4.78 is 0. The van der Waals surface area contributed by atoms with Gasteiger partial charge in [-0.3, -0.25) is 4.79 Å². The van der Waals surface area contributed by atoms with E-state index in [4.69, 9.17) is 5.73 Å². The minimum atomic E-state index is -0.413. The van der Waals surface area contributed by atoms with Crippen molar-refractivity contribution >= 4 is 11.6 Å². The molecule has 0 fully saturated rings. The van der Waals surface area contributed by atoms with E-state index in [0.29, 0.717) is 6.54 Å². The van der Waals surface area contributed by atoms with Crippen molar-refractivity contribution in [2.24, 2.45) is 11.7 Å². The van der Waals surface area contributed by atoms with Crippen LogP contribution in [0, 0.1) is 12.8 Å². The van der Waals surface area contributed by atoms with Crippen molar-refractivity contribution in [1.82, 2.24) is 5.32 Å². The summed E-state index contributed by atoms with van der Waals surface area (Å²) in [7, 11) is 0. The van der Waals surface area contributed by atoms with Crippen LogP contribution in [0.5, 0.6) is 0 Å². The summed E-state index contributed by atoms with van der Waals surface area (Å²) in [5.74, 6) is 0.161. The molecular formula is C17H29N3O. The van der Waals surface area contributed by atoms with E-state index in [0.717, 1.165) is 19.5 Å². The van der Waals surface area contributed by atoms with Gasteiger partial charge in [0.1, 0.15) is 0 Å². The van der Waals surface area contributed by atoms with Gasteiger partial charge in [0.2, 0.25) is 5.91 Å². The molecule has 1 aromatic rings. The highest BCUT2D eigenvalue weighted by atomic mass is 16.2. The number of carbonyl (C=O) groups is 1. The molecule has 2 unspecified atom stereocenters. The number of aryl methyl sites for hydroxylation is 1. The number of hydrogen-bond donors (Lipinski definition) is 2. The molecule has 0 aliphatic carbocycles. The van der Waals surface area contributed by atoms with Crippen molar-refractivity contribution < 1.29 is 4.79 Å². The first kappa shape index (κ1) is 17.5. The molecular weight excluding hydrogens is 262 g/mol. The molecule has 2 atom stereocenters. The number of carbonyl (C=O) groups excluding carboxylic acids is 1. The summed E-state index contributed by atoms with van der Waals surface area (Å²) in [6, 6.07) is 8.00. The van der Waals surface area contributed by atoms with Crippen molar-refractivity contribution in [2.75, 3.05) is 24.5 Å². The number of nitrogens with one attached hydrogen (secondary N) is 1. The molecule has 1 aromatic carbocycles. The molecule has 0 aromatic heterocycles. The van der Waals surface area contributed by atoms with Crippen LogP contribution in [0.4, 0.5) is 5.69 Å². The molecule has 118 valence electrons. The SMILES string of the molecule is CCC(C)C(N)C(=O)NCCN(CC)c1cccc(C)c1. The summed E-state index contributed by atoms with van der Waals surface area (Å²) in [5.41, 5.74) is 8.36. The first-order valence-corrected chi connectivity index (χ1v) is 7.84. The molecule has 0 aliphatic rings. The minimum Gasteiger partial charge on any atom is -0.370 e. The Kier molecular flexibility index (Phi) is 7.23. The predicted octanol–water partition coefficient (Wildman–Crippen LogP) is 2.31. The van der Waals surface area contributed by atoms with Crippen LogP contribution in [0.3, 0.4) is 0 Å². The average Bonchev–Trinajstić information content (AvgIpc) is 2.49. The van der Waals surface area contributed by atoms with Crippen molar-refractivity contribution in [3.63, 3.8) is 0 Å². The van der Waals surface area contributed by atoms with Gasteiger partial charge in [-0.15, -0.1) is 0 Å². The second kappa shape index (κ2) is 8.67. The number of benzene rings is 1. The molecule has 0 heterocycles. The minimum absolute atomic E-state index is 0.0513. The molecule has 4 heteroatoms. The Morgan fingerprint density at radius 1 is 1.38 bits per heavy atom. The van der Waals surface area contributed by atoms with Crippen molar-refractivity contribution in [1.29, 1.82) is 0 Å². The highest BCUT2D eigenvalue weighted by Gasteiger charge is 2.18. The van der Waals surface area contributed by atoms with E-state index >= 15 is 0 Å². The normalized spacial score (nSPS) is 13.6. The highest BCUT2D eigenvalue weighted by molar-refractivity contribution is 5.81. The molecule has 1 amide bonds. The van der Waals surface area contributed by atoms with Crippen LogP contribution in [0.2, 0.25) is 0 Å². The van der Waals surface area contributed by atoms with Gasteiger partial charge in [0.15, 0.2) is 0 Å². The van der Waals surface area contributed by atoms with Gasteiger partial charge in [-0.1, -0.05) is 32.4 Å². The van der Waals surface area contributed by atoms with Crippen molar-refractivity contribution in [2.45, 2.75) is 40.2 Å². The Hall–Kier alpha value is -1.55. The Morgan fingerprint density at radius 2 is 2.10 bits per heavy atom. The van der Waals surface area contributed by atoms with E-state index in [2.05, 4.69) is 48.3 Å². The van der Waals surface area contributed by atoms with Gasteiger partial charge in [-0.05, 0) is 37.5 Å². The number of amides is 1. The lowest BCUT2D eigenvalue weighted by Gasteiger charge is -2.24. The van der Waals surface area contributed by atoms with Gasteiger partial charge < -0.3 is 16.0 Å². The van der Waals surface area contributed by atoms with Crippen LogP contribution < -0.4 is 16.0 Å². The Balaban J connectivity index is 2.48. The fourth-order valence-corrected chi connectivity index (χ4v) is 2.24. The van der Waals surface area contributed by atoms with Gasteiger partial charge >= 0.3 is 0 Å². The van der Waals surface area contributed by atoms with Crippen LogP contribution >= 0.6 is 0 Å². The van der Waals surface area contributed by atoms with Crippen LogP contribution in [-0.2, 0) is 4.79 Å². The smallest absolute Gasteiger partial charge is 0.237 e. The van der Waals surface area contributed by atoms with Gasteiger partial charge in [-0.25, -0.2) is 0 Å². The number of hydrogen-bond acceptors (Lipinski definition) is 3. The van der Waals surface area contributed by atoms with Crippen LogP contribution in [0.15, 0.2) is 24.3 Å². The molecule has 0 saturated heterocycles. The van der Waals surface area contributed by atoms with E-state index in [1.807, 2.05) is 13.8 Å². The highest BCUT2D eigenvalue weighted by Crippen LogP contribution is 2.15. The van der Waals surface area contributed by atoms with Crippen LogP contribution in [0.1, 0.15) is 32.8 Å². The largest absolute Gasteiger partial charge is 0.370 e. The molecule has 0 radical (unpaired) electrons. The summed E-state index contributed by atoms with van der Waals surface area (Å²) >= 11 is 0. The summed E-state index contributed by atoms with van der Waals surface area (Å²) in [6.45, 7) is 10.6. The molecule has 4 nitrogen and oxygen atoms in total. The van der Waals surface area contributed by atoms with Crippen LogP contribution in [-0.4, -0.2) is 31.6 Å². The molecule has 0 aliphatic heterocycles. The fourth-order valence-electron chi connectivity index (χ4n) is 2.24. The first-order chi connectivity index (χ1) is 9.99. The number of likely N-dealkylation sites (N-methyl/N-ethyl adjacent to an activating group) is 1. The standard InChI is InChI=1S/C17H29N3O/c1-5-14(4)16(18)17(21)19-10-11-20(6-2)15-9-7-8-13(3)12-15/h7-9,12,14,16H,5-6,10-11,18H2,1-4H3,(H,19,21). The lowest BCUT2D eigenvalue weighted by atomic mass is 9.99. The van der Waals surface area contributed by atoms with E-state index in [9.17, 15) is 4.79 Å². The molecule has 21 heavy (non-hydrogen) atoms. The zero-order valence-corrected chi connectivity index (χ0v) is 13.7. The van der Waals surface area contributed by atoms with Crippen LogP contribution in [0.25, 0.3) is 0 Å². The molecule has 3 N–H and O–H groups in total. The van der Waals surface area contributed by atoms with E-state index in [1.165, 1.54) is 11.3 Å². The second-order valence-corrected chi connectivity index (χ2v) is 5.62. The third-order valence-corrected chi connectivity index (χ3v) is 3.99. The van der Waals surface area contributed by atoms with E-state index in [1.54, 1.807) is 0 Å². The van der Waals surface area contributed by atoms with Gasteiger partial charge in [0.25, 0.3) is 0 Å². The summed E-state index contributed by atoms with van der Waals surface area (Å²) in [4.78, 5) is 14.2. The number of rotatable bonds is 8. The molecule has 0 saturated carbocycles. The van der Waals surface area contributed by atoms with Gasteiger partial charge in [0, 0.05) is 25.3 Å².